The predicted octanol–water partition coefficient (Wildman–Crippen LogP) is 1.20. The first-order chi connectivity index (χ1) is 10.2. The average Bonchev–Trinajstić information content (AvgIpc) is 2.93. The molecule has 0 bridgehead atoms. The van der Waals surface area contributed by atoms with Crippen molar-refractivity contribution in [3.05, 3.63) is 17.5 Å². The fourth-order valence-electron chi connectivity index (χ4n) is 3.03. The number of morpholine rings is 1. The zero-order chi connectivity index (χ0) is 14.7. The lowest BCUT2D eigenvalue weighted by molar-refractivity contribution is -0.150. The number of amides is 1. The lowest BCUT2D eigenvalue weighted by Crippen LogP contribution is -2.51. The monoisotopic (exact) mass is 293 g/mol. The first-order valence-electron chi connectivity index (χ1n) is 7.77. The van der Waals surface area contributed by atoms with E-state index in [0.717, 1.165) is 50.3 Å². The van der Waals surface area contributed by atoms with E-state index < -0.39 is 0 Å². The van der Waals surface area contributed by atoms with Crippen LogP contribution in [0.5, 0.6) is 0 Å². The molecule has 3 rings (SSSR count). The Morgan fingerprint density at radius 1 is 1.33 bits per heavy atom. The van der Waals surface area contributed by atoms with Crippen molar-refractivity contribution >= 4 is 5.91 Å². The van der Waals surface area contributed by atoms with Crippen molar-refractivity contribution < 1.29 is 14.1 Å². The van der Waals surface area contributed by atoms with Crippen LogP contribution >= 0.6 is 0 Å². The summed E-state index contributed by atoms with van der Waals surface area (Å²) >= 11 is 0. The molecule has 0 aliphatic carbocycles. The van der Waals surface area contributed by atoms with Crippen LogP contribution in [0.1, 0.15) is 30.6 Å². The van der Waals surface area contributed by atoms with Gasteiger partial charge in [0.15, 0.2) is 0 Å². The molecular formula is C15H23N3O3. The number of hydrogen-bond donors (Lipinski definition) is 0. The molecular weight excluding hydrogens is 270 g/mol. The molecule has 0 saturated carbocycles. The predicted molar refractivity (Wildman–Crippen MR) is 76.7 cm³/mol. The minimum Gasteiger partial charge on any atom is -0.366 e. The molecule has 2 saturated heterocycles. The number of carbonyl (C=O) groups excluding carboxylic acids is 1. The summed E-state index contributed by atoms with van der Waals surface area (Å²) in [6.07, 6.45) is 4.89. The molecule has 1 atom stereocenters. The van der Waals surface area contributed by atoms with Gasteiger partial charge in [0.2, 0.25) is 0 Å². The molecule has 1 aromatic rings. The Balaban J connectivity index is 1.57. The van der Waals surface area contributed by atoms with Gasteiger partial charge in [-0.1, -0.05) is 5.16 Å². The summed E-state index contributed by atoms with van der Waals surface area (Å²) in [7, 11) is 0. The van der Waals surface area contributed by atoms with Gasteiger partial charge >= 0.3 is 0 Å². The van der Waals surface area contributed by atoms with E-state index in [1.807, 2.05) is 11.8 Å². The van der Waals surface area contributed by atoms with Crippen molar-refractivity contribution in [2.24, 2.45) is 0 Å². The Labute approximate surface area is 125 Å². The van der Waals surface area contributed by atoms with Gasteiger partial charge in [0.25, 0.3) is 5.91 Å². The van der Waals surface area contributed by atoms with Crippen LogP contribution in [0.25, 0.3) is 0 Å². The van der Waals surface area contributed by atoms with E-state index in [1.54, 1.807) is 6.20 Å². The van der Waals surface area contributed by atoms with Gasteiger partial charge in [-0.05, 0) is 26.2 Å². The molecule has 116 valence electrons. The summed E-state index contributed by atoms with van der Waals surface area (Å²) in [6, 6.07) is 0. The van der Waals surface area contributed by atoms with Gasteiger partial charge in [0.1, 0.15) is 11.9 Å². The third-order valence-electron chi connectivity index (χ3n) is 4.34. The molecule has 2 aliphatic heterocycles. The van der Waals surface area contributed by atoms with Gasteiger partial charge in [-0.25, -0.2) is 0 Å². The Morgan fingerprint density at radius 3 is 2.86 bits per heavy atom. The molecule has 0 radical (unpaired) electrons. The van der Waals surface area contributed by atoms with E-state index in [1.165, 1.54) is 6.42 Å². The van der Waals surface area contributed by atoms with Crippen LogP contribution in [0.2, 0.25) is 0 Å². The van der Waals surface area contributed by atoms with Gasteiger partial charge in [-0.15, -0.1) is 0 Å². The van der Waals surface area contributed by atoms with Gasteiger partial charge < -0.3 is 14.2 Å². The molecule has 1 aromatic heterocycles. The molecule has 21 heavy (non-hydrogen) atoms. The molecule has 0 spiro atoms. The van der Waals surface area contributed by atoms with Crippen LogP contribution in [0.15, 0.2) is 10.7 Å². The van der Waals surface area contributed by atoms with Crippen LogP contribution < -0.4 is 0 Å². The van der Waals surface area contributed by atoms with Crippen LogP contribution in [0.4, 0.5) is 0 Å². The topological polar surface area (TPSA) is 58.8 Å². The molecule has 6 heteroatoms. The second-order valence-electron chi connectivity index (χ2n) is 5.89. The van der Waals surface area contributed by atoms with Crippen LogP contribution in [0.3, 0.4) is 0 Å². The van der Waals surface area contributed by atoms with Crippen molar-refractivity contribution in [1.29, 1.82) is 0 Å². The first-order valence-corrected chi connectivity index (χ1v) is 7.77. The Bertz CT molecular complexity index is 482. The van der Waals surface area contributed by atoms with E-state index in [-0.39, 0.29) is 12.0 Å². The fourth-order valence-corrected chi connectivity index (χ4v) is 3.03. The van der Waals surface area contributed by atoms with E-state index in [9.17, 15) is 4.79 Å². The van der Waals surface area contributed by atoms with Crippen molar-refractivity contribution in [2.45, 2.75) is 38.8 Å². The largest absolute Gasteiger partial charge is 0.366 e. The molecule has 6 nitrogen and oxygen atoms in total. The molecule has 2 fully saturated rings. The van der Waals surface area contributed by atoms with Gasteiger partial charge in [-0.3, -0.25) is 9.69 Å². The zero-order valence-electron chi connectivity index (χ0n) is 12.6. The number of likely N-dealkylation sites (tertiary alicyclic amines) is 1. The summed E-state index contributed by atoms with van der Waals surface area (Å²) in [5.74, 6) is 1.00. The Hall–Kier alpha value is -1.40. The highest BCUT2D eigenvalue weighted by Gasteiger charge is 2.31. The Morgan fingerprint density at radius 2 is 2.14 bits per heavy atom. The number of rotatable bonds is 3. The third kappa shape index (κ3) is 3.44. The molecule has 0 N–H and O–H groups in total. The lowest BCUT2D eigenvalue weighted by atomic mass is 10.1. The van der Waals surface area contributed by atoms with E-state index in [4.69, 9.17) is 9.26 Å². The number of hydrogen-bond acceptors (Lipinski definition) is 5. The van der Waals surface area contributed by atoms with E-state index in [0.29, 0.717) is 13.2 Å². The van der Waals surface area contributed by atoms with E-state index >= 15 is 0 Å². The third-order valence-corrected chi connectivity index (χ3v) is 4.34. The molecule has 1 amide bonds. The highest BCUT2D eigenvalue weighted by atomic mass is 16.5. The minimum atomic E-state index is -0.322. The number of nitrogens with zero attached hydrogens (tertiary/aromatic N) is 3. The van der Waals surface area contributed by atoms with E-state index in [2.05, 4.69) is 10.1 Å². The fraction of sp³-hybridized carbons (Fsp3) is 0.733. The highest BCUT2D eigenvalue weighted by molar-refractivity contribution is 5.81. The van der Waals surface area contributed by atoms with Gasteiger partial charge in [0, 0.05) is 38.3 Å². The summed E-state index contributed by atoms with van der Waals surface area (Å²) in [5, 5.41) is 3.81. The second kappa shape index (κ2) is 6.58. The average molecular weight is 293 g/mol. The van der Waals surface area contributed by atoms with Crippen LogP contribution in [0, 0.1) is 6.92 Å². The zero-order valence-corrected chi connectivity index (χ0v) is 12.6. The summed E-state index contributed by atoms with van der Waals surface area (Å²) in [6.45, 7) is 6.54. The number of piperidine rings is 1. The molecule has 0 aromatic carbocycles. The number of aryl methyl sites for hydroxylation is 1. The van der Waals surface area contributed by atoms with Crippen molar-refractivity contribution in [2.75, 3.05) is 32.8 Å². The molecule has 2 aliphatic rings. The first kappa shape index (κ1) is 14.5. The standard InChI is InChI=1S/C15H23N3O3/c1-12-13(9-16-21-12)10-17-7-8-20-14(11-17)15(19)18-5-3-2-4-6-18/h9,14H,2-8,10-11H2,1H3. The smallest absolute Gasteiger partial charge is 0.253 e. The summed E-state index contributed by atoms with van der Waals surface area (Å²) in [5.41, 5.74) is 1.08. The number of aromatic nitrogens is 1. The molecule has 3 heterocycles. The maximum atomic E-state index is 12.5. The van der Waals surface area contributed by atoms with Crippen molar-refractivity contribution in [3.63, 3.8) is 0 Å². The Kier molecular flexibility index (Phi) is 4.55. The summed E-state index contributed by atoms with van der Waals surface area (Å²) < 4.78 is 10.8. The second-order valence-corrected chi connectivity index (χ2v) is 5.89. The van der Waals surface area contributed by atoms with Crippen LogP contribution in [-0.4, -0.2) is 59.8 Å². The number of ether oxygens (including phenoxy) is 1. The van der Waals surface area contributed by atoms with Gasteiger partial charge in [0.05, 0.1) is 12.8 Å². The SMILES string of the molecule is Cc1oncc1CN1CCOC(C(=O)N2CCCCC2)C1. The summed E-state index contributed by atoms with van der Waals surface area (Å²) in [4.78, 5) is 16.7. The lowest BCUT2D eigenvalue weighted by Gasteiger charge is -2.36. The maximum Gasteiger partial charge on any atom is 0.253 e. The molecule has 1 unspecified atom stereocenters. The number of carbonyl (C=O) groups is 1. The maximum absolute atomic E-state index is 12.5. The highest BCUT2D eigenvalue weighted by Crippen LogP contribution is 2.16. The van der Waals surface area contributed by atoms with Crippen molar-refractivity contribution in [3.8, 4) is 0 Å². The quantitative estimate of drug-likeness (QED) is 0.838. The van der Waals surface area contributed by atoms with Gasteiger partial charge in [-0.2, -0.15) is 0 Å². The van der Waals surface area contributed by atoms with Crippen LogP contribution in [-0.2, 0) is 16.1 Å². The minimum absolute atomic E-state index is 0.154. The van der Waals surface area contributed by atoms with Crippen molar-refractivity contribution in [1.82, 2.24) is 15.0 Å². The normalized spacial score (nSPS) is 24.2.